The van der Waals surface area contributed by atoms with Crippen molar-refractivity contribution in [1.82, 2.24) is 4.57 Å². The van der Waals surface area contributed by atoms with Gasteiger partial charge in [-0.05, 0) is 87.6 Å². The van der Waals surface area contributed by atoms with Crippen LogP contribution in [0.15, 0.2) is 181 Å². The van der Waals surface area contributed by atoms with Gasteiger partial charge in [0.05, 0.1) is 34.4 Å². The molecule has 0 saturated heterocycles. The highest BCUT2D eigenvalue weighted by atomic mass is 32.1. The fourth-order valence-corrected chi connectivity index (χ4v) is 10.6. The van der Waals surface area contributed by atoms with E-state index in [9.17, 15) is 5.26 Å². The van der Waals surface area contributed by atoms with E-state index in [0.717, 1.165) is 48.9 Å². The summed E-state index contributed by atoms with van der Waals surface area (Å²) in [7, 11) is 0. The van der Waals surface area contributed by atoms with Crippen molar-refractivity contribution in [3.8, 4) is 22.9 Å². The van der Waals surface area contributed by atoms with Crippen LogP contribution in [0.5, 0.6) is 0 Å². The summed E-state index contributed by atoms with van der Waals surface area (Å²) in [6.45, 7) is 0. The maximum Gasteiger partial charge on any atom is 0.142 e. The predicted octanol–water partition coefficient (Wildman–Crippen LogP) is 13.0. The first-order valence-corrected chi connectivity index (χ1v) is 20.2. The molecule has 0 saturated carbocycles. The van der Waals surface area contributed by atoms with E-state index < -0.39 is 0 Å². The number of para-hydroxylation sites is 2. The summed E-state index contributed by atoms with van der Waals surface area (Å²) in [5.74, 6) is 1.19. The van der Waals surface area contributed by atoms with E-state index in [2.05, 4.69) is 179 Å². The number of rotatable bonds is 3. The van der Waals surface area contributed by atoms with Crippen LogP contribution in [0.1, 0.15) is 28.7 Å². The van der Waals surface area contributed by atoms with Gasteiger partial charge in [0.2, 0.25) is 0 Å². The molecule has 7 aromatic carbocycles. The zero-order valence-electron chi connectivity index (χ0n) is 30.7. The zero-order chi connectivity index (χ0) is 37.6. The van der Waals surface area contributed by atoms with Crippen molar-refractivity contribution in [2.24, 2.45) is 4.99 Å². The third kappa shape index (κ3) is 4.83. The Bertz CT molecular complexity index is 3270. The van der Waals surface area contributed by atoms with Crippen LogP contribution in [-0.2, 0) is 0 Å². The molecule has 5 nitrogen and oxygen atoms in total. The van der Waals surface area contributed by atoms with Gasteiger partial charge in [0.25, 0.3) is 0 Å². The number of aromatic nitrogens is 1. The van der Waals surface area contributed by atoms with Crippen LogP contribution in [-0.4, -0.2) is 16.4 Å². The van der Waals surface area contributed by atoms with Gasteiger partial charge in [-0.2, -0.15) is 5.26 Å². The minimum Gasteiger partial charge on any atom is -0.369 e. The highest BCUT2D eigenvalue weighted by molar-refractivity contribution is 7.23. The van der Waals surface area contributed by atoms with E-state index in [1.807, 2.05) is 18.2 Å². The number of benzene rings is 7. The molecule has 268 valence electrons. The summed E-state index contributed by atoms with van der Waals surface area (Å²) in [5, 5.41) is 20.8. The lowest BCUT2D eigenvalue weighted by Gasteiger charge is -2.36. The molecule has 0 spiro atoms. The summed E-state index contributed by atoms with van der Waals surface area (Å²) < 4.78 is 3.55. The average Bonchev–Trinajstić information content (AvgIpc) is 3.92. The molecule has 3 atom stereocenters. The first kappa shape index (κ1) is 32.1. The van der Waals surface area contributed by atoms with Crippen molar-refractivity contribution in [2.45, 2.75) is 18.0 Å². The number of nitriles is 1. The first-order chi connectivity index (χ1) is 28.2. The molecule has 6 heteroatoms. The minimum absolute atomic E-state index is 0.0738. The maximum atomic E-state index is 9.61. The second-order valence-corrected chi connectivity index (χ2v) is 16.1. The van der Waals surface area contributed by atoms with Gasteiger partial charge >= 0.3 is 0 Å². The molecule has 0 fully saturated rings. The maximum absolute atomic E-state index is 9.61. The predicted molar refractivity (Wildman–Crippen MR) is 237 cm³/mol. The Morgan fingerprint density at radius 1 is 0.649 bits per heavy atom. The molecule has 1 aliphatic carbocycles. The topological polar surface area (TPSA) is 56.4 Å². The molecule has 0 amide bonds. The third-order valence-electron chi connectivity index (χ3n) is 12.0. The van der Waals surface area contributed by atoms with Crippen LogP contribution >= 0.6 is 11.3 Å². The number of fused-ring (bicyclic) bond motifs is 10. The zero-order valence-corrected chi connectivity index (χ0v) is 31.5. The van der Waals surface area contributed by atoms with Crippen molar-refractivity contribution >= 4 is 76.2 Å². The Labute approximate surface area is 333 Å². The van der Waals surface area contributed by atoms with E-state index in [1.54, 1.807) is 11.3 Å². The largest absolute Gasteiger partial charge is 0.369 e. The van der Waals surface area contributed by atoms with Crippen LogP contribution in [0.4, 0.5) is 16.4 Å². The van der Waals surface area contributed by atoms with Crippen molar-refractivity contribution in [3.63, 3.8) is 0 Å². The first-order valence-electron chi connectivity index (χ1n) is 19.4. The van der Waals surface area contributed by atoms with E-state index in [-0.39, 0.29) is 18.0 Å². The van der Waals surface area contributed by atoms with E-state index >= 15 is 0 Å². The number of amidine groups is 1. The Hall–Kier alpha value is -7.20. The molecule has 2 aliphatic heterocycles. The van der Waals surface area contributed by atoms with E-state index in [1.165, 1.54) is 43.9 Å². The van der Waals surface area contributed by atoms with Gasteiger partial charge in [-0.1, -0.05) is 121 Å². The SMILES string of the molecule is N#Cc1cccc(-c2ccc3c4c(sc3c2)N=C(N2c3cc5ccccc5cc3C3C=CC=CC32)C(c2cccc3c2c2ccccc2n3-c2ccccc2)N4)c1. The number of hydrogen-bond acceptors (Lipinski definition) is 5. The molecule has 0 radical (unpaired) electrons. The summed E-state index contributed by atoms with van der Waals surface area (Å²) in [4.78, 5) is 8.28. The lowest BCUT2D eigenvalue weighted by atomic mass is 9.90. The average molecular weight is 748 g/mol. The monoisotopic (exact) mass is 747 g/mol. The smallest absolute Gasteiger partial charge is 0.142 e. The standard InChI is InChI=1S/C51H33N5S/c52-30-31-12-10-15-32(26-31)35-24-25-39-46(29-35)57-51-49(39)53-48(40-20-11-23-44-47(40)38-19-7-9-22-43(38)55(44)36-16-2-1-3-17-36)50(54-51)56-42-21-8-6-18-37(42)41-27-33-13-4-5-14-34(33)28-45(41)56/h1-29,37,42,48,53H. The number of allylic oxidation sites excluding steroid dienone is 2. The third-order valence-corrected chi connectivity index (χ3v) is 13.0. The number of nitrogens with one attached hydrogen (secondary N) is 1. The van der Waals surface area contributed by atoms with Gasteiger partial charge in [0, 0.05) is 38.2 Å². The second-order valence-electron chi connectivity index (χ2n) is 15.1. The Balaban J connectivity index is 1.11. The van der Waals surface area contributed by atoms with Crippen molar-refractivity contribution < 1.29 is 0 Å². The molecule has 3 aliphatic rings. The van der Waals surface area contributed by atoms with Gasteiger partial charge in [-0.25, -0.2) is 4.99 Å². The molecular weight excluding hydrogens is 715 g/mol. The highest BCUT2D eigenvalue weighted by Crippen LogP contribution is 2.53. The molecule has 57 heavy (non-hydrogen) atoms. The molecule has 1 N–H and O–H groups in total. The van der Waals surface area contributed by atoms with Gasteiger partial charge in [-0.3, -0.25) is 0 Å². The quantitative estimate of drug-likeness (QED) is 0.196. The van der Waals surface area contributed by atoms with Gasteiger partial charge < -0.3 is 14.8 Å². The summed E-state index contributed by atoms with van der Waals surface area (Å²) in [6, 6.07) is 56.2. The summed E-state index contributed by atoms with van der Waals surface area (Å²) in [5.41, 5.74) is 11.0. The number of thiophene rings is 1. The van der Waals surface area contributed by atoms with Crippen LogP contribution in [0.25, 0.3) is 59.5 Å². The van der Waals surface area contributed by atoms with E-state index in [0.29, 0.717) is 5.56 Å². The van der Waals surface area contributed by atoms with Gasteiger partial charge in [0.15, 0.2) is 0 Å². The van der Waals surface area contributed by atoms with Gasteiger partial charge in [-0.15, -0.1) is 11.3 Å². The molecule has 2 aromatic heterocycles. The molecule has 3 unspecified atom stereocenters. The van der Waals surface area contributed by atoms with E-state index in [4.69, 9.17) is 4.99 Å². The van der Waals surface area contributed by atoms with Crippen LogP contribution < -0.4 is 10.2 Å². The Morgan fingerprint density at radius 2 is 1.42 bits per heavy atom. The fourth-order valence-electron chi connectivity index (χ4n) is 9.47. The minimum atomic E-state index is -0.265. The van der Waals surface area contributed by atoms with Crippen LogP contribution in [0, 0.1) is 11.3 Å². The molecule has 9 aromatic rings. The van der Waals surface area contributed by atoms with Crippen molar-refractivity contribution in [3.05, 3.63) is 193 Å². The highest BCUT2D eigenvalue weighted by Gasteiger charge is 2.43. The lowest BCUT2D eigenvalue weighted by Crippen LogP contribution is -2.44. The summed E-state index contributed by atoms with van der Waals surface area (Å²) in [6.07, 6.45) is 9.08. The van der Waals surface area contributed by atoms with Crippen molar-refractivity contribution in [2.75, 3.05) is 10.2 Å². The lowest BCUT2D eigenvalue weighted by molar-refractivity contribution is 0.744. The fraction of sp³-hybridized carbons (Fsp3) is 0.0588. The van der Waals surface area contributed by atoms with Gasteiger partial charge in [0.1, 0.15) is 16.9 Å². The Morgan fingerprint density at radius 3 is 2.32 bits per heavy atom. The molecular formula is C51H33N5S. The summed E-state index contributed by atoms with van der Waals surface area (Å²) >= 11 is 1.72. The number of hydrogen-bond donors (Lipinski definition) is 1. The van der Waals surface area contributed by atoms with Crippen LogP contribution in [0.2, 0.25) is 0 Å². The second kappa shape index (κ2) is 12.4. The van der Waals surface area contributed by atoms with Crippen molar-refractivity contribution in [1.29, 1.82) is 5.26 Å². The Kier molecular flexibility index (Phi) is 6.98. The van der Waals surface area contributed by atoms with Crippen LogP contribution in [0.3, 0.4) is 0 Å². The molecule has 0 bridgehead atoms. The number of anilines is 2. The number of nitrogens with zero attached hydrogens (tertiary/aromatic N) is 4. The normalized spacial score (nSPS) is 18.1. The molecule has 12 rings (SSSR count). The molecule has 4 heterocycles. The number of aliphatic imine (C=N–C) groups is 1.